The maximum Gasteiger partial charge on any atom is 0.173 e. The molecule has 2 atom stereocenters. The standard InChI is InChI=1S/C15H24O3/c1-13(2)11-5-4-6-12(16)14(11,3)7-8-15(13)17-9-10-18-15/h11H,4-10H2,1-3H3/t11-,14-/m1/s1. The lowest BCUT2D eigenvalue weighted by molar-refractivity contribution is -0.282. The molecule has 102 valence electrons. The van der Waals surface area contributed by atoms with Crippen LogP contribution in [0.25, 0.3) is 0 Å². The summed E-state index contributed by atoms with van der Waals surface area (Å²) in [5.41, 5.74) is -0.227. The van der Waals surface area contributed by atoms with Crippen molar-refractivity contribution < 1.29 is 14.3 Å². The SMILES string of the molecule is CC1(C)[C@H]2CCCC(=O)[C@]2(C)CCC12OCCO2. The van der Waals surface area contributed by atoms with Crippen LogP contribution in [0.3, 0.4) is 0 Å². The van der Waals surface area contributed by atoms with E-state index in [0.717, 1.165) is 32.1 Å². The number of ketones is 1. The quantitative estimate of drug-likeness (QED) is 0.665. The van der Waals surface area contributed by atoms with Crippen LogP contribution < -0.4 is 0 Å². The molecule has 2 saturated carbocycles. The third-order valence-corrected chi connectivity index (χ3v) is 5.88. The predicted octanol–water partition coefficient (Wildman–Crippen LogP) is 2.93. The molecule has 1 heterocycles. The van der Waals surface area contributed by atoms with Crippen molar-refractivity contribution in [3.05, 3.63) is 0 Å². The first kappa shape index (κ1) is 12.6. The van der Waals surface area contributed by atoms with E-state index in [1.54, 1.807) is 0 Å². The number of Topliss-reactive ketones (excluding diaryl/α,β-unsaturated/α-hetero) is 1. The summed E-state index contributed by atoms with van der Waals surface area (Å²) in [6.07, 6.45) is 4.69. The second kappa shape index (κ2) is 3.80. The minimum Gasteiger partial charge on any atom is -0.347 e. The fraction of sp³-hybridized carbons (Fsp3) is 0.933. The number of ether oxygens (including phenoxy) is 2. The Bertz CT molecular complexity index is 368. The van der Waals surface area contributed by atoms with Crippen LogP contribution in [0.2, 0.25) is 0 Å². The summed E-state index contributed by atoms with van der Waals surface area (Å²) in [5, 5.41) is 0. The van der Waals surface area contributed by atoms with E-state index < -0.39 is 5.79 Å². The van der Waals surface area contributed by atoms with Gasteiger partial charge in [0, 0.05) is 23.7 Å². The Labute approximate surface area is 109 Å². The lowest BCUT2D eigenvalue weighted by atomic mass is 9.49. The third kappa shape index (κ3) is 1.41. The highest BCUT2D eigenvalue weighted by Gasteiger charge is 2.64. The number of hydrogen-bond acceptors (Lipinski definition) is 3. The number of rotatable bonds is 0. The average Bonchev–Trinajstić information content (AvgIpc) is 2.79. The summed E-state index contributed by atoms with van der Waals surface area (Å²) in [4.78, 5) is 12.4. The maximum absolute atomic E-state index is 12.4. The van der Waals surface area contributed by atoms with E-state index in [9.17, 15) is 4.79 Å². The number of carbonyl (C=O) groups excluding carboxylic acids is 1. The van der Waals surface area contributed by atoms with Crippen molar-refractivity contribution in [1.29, 1.82) is 0 Å². The molecule has 1 saturated heterocycles. The number of fused-ring (bicyclic) bond motifs is 1. The zero-order valence-corrected chi connectivity index (χ0v) is 11.8. The Hall–Kier alpha value is -0.410. The fourth-order valence-electron chi connectivity index (χ4n) is 4.72. The Morgan fingerprint density at radius 2 is 1.78 bits per heavy atom. The highest BCUT2D eigenvalue weighted by molar-refractivity contribution is 5.85. The normalized spacial score (nSPS) is 41.9. The zero-order chi connectivity index (χ0) is 13.0. The maximum atomic E-state index is 12.4. The molecule has 0 radical (unpaired) electrons. The van der Waals surface area contributed by atoms with E-state index in [0.29, 0.717) is 24.9 Å². The smallest absolute Gasteiger partial charge is 0.173 e. The molecule has 0 amide bonds. The van der Waals surface area contributed by atoms with Crippen LogP contribution in [-0.2, 0) is 14.3 Å². The van der Waals surface area contributed by atoms with Crippen LogP contribution in [-0.4, -0.2) is 24.8 Å². The second-order valence-corrected chi connectivity index (χ2v) is 6.96. The Morgan fingerprint density at radius 1 is 1.11 bits per heavy atom. The lowest BCUT2D eigenvalue weighted by Gasteiger charge is -2.59. The topological polar surface area (TPSA) is 35.5 Å². The second-order valence-electron chi connectivity index (χ2n) is 6.96. The van der Waals surface area contributed by atoms with Crippen LogP contribution in [0.1, 0.15) is 52.9 Å². The van der Waals surface area contributed by atoms with Crippen molar-refractivity contribution >= 4 is 5.78 Å². The van der Waals surface area contributed by atoms with E-state index in [1.165, 1.54) is 0 Å². The summed E-state index contributed by atoms with van der Waals surface area (Å²) < 4.78 is 12.0. The van der Waals surface area contributed by atoms with Crippen LogP contribution in [0.15, 0.2) is 0 Å². The van der Waals surface area contributed by atoms with Crippen LogP contribution >= 0.6 is 0 Å². The zero-order valence-electron chi connectivity index (χ0n) is 11.8. The molecule has 0 N–H and O–H groups in total. The summed E-state index contributed by atoms with van der Waals surface area (Å²) in [6, 6.07) is 0. The molecule has 18 heavy (non-hydrogen) atoms. The molecule has 1 aliphatic heterocycles. The van der Waals surface area contributed by atoms with Crippen molar-refractivity contribution in [3.8, 4) is 0 Å². The van der Waals surface area contributed by atoms with E-state index in [2.05, 4.69) is 20.8 Å². The van der Waals surface area contributed by atoms with Gasteiger partial charge in [-0.05, 0) is 25.2 Å². The largest absolute Gasteiger partial charge is 0.347 e. The van der Waals surface area contributed by atoms with Gasteiger partial charge in [-0.1, -0.05) is 20.8 Å². The fourth-order valence-corrected chi connectivity index (χ4v) is 4.72. The van der Waals surface area contributed by atoms with E-state index in [4.69, 9.17) is 9.47 Å². The van der Waals surface area contributed by atoms with Gasteiger partial charge >= 0.3 is 0 Å². The van der Waals surface area contributed by atoms with Gasteiger partial charge < -0.3 is 9.47 Å². The van der Waals surface area contributed by atoms with Gasteiger partial charge in [-0.15, -0.1) is 0 Å². The van der Waals surface area contributed by atoms with Gasteiger partial charge in [0.2, 0.25) is 0 Å². The van der Waals surface area contributed by atoms with Gasteiger partial charge in [0.05, 0.1) is 13.2 Å². The first-order valence-electron chi connectivity index (χ1n) is 7.24. The summed E-state index contributed by atoms with van der Waals surface area (Å²) >= 11 is 0. The number of hydrogen-bond donors (Lipinski definition) is 0. The molecule has 3 fully saturated rings. The van der Waals surface area contributed by atoms with Gasteiger partial charge in [-0.3, -0.25) is 4.79 Å². The summed E-state index contributed by atoms with van der Waals surface area (Å²) in [5.74, 6) is 0.409. The minimum atomic E-state index is -0.436. The molecule has 3 aliphatic rings. The van der Waals surface area contributed by atoms with Crippen molar-refractivity contribution in [2.75, 3.05) is 13.2 Å². The molecule has 0 aromatic carbocycles. The molecule has 0 aromatic heterocycles. The third-order valence-electron chi connectivity index (χ3n) is 5.88. The first-order valence-corrected chi connectivity index (χ1v) is 7.24. The van der Waals surface area contributed by atoms with Crippen molar-refractivity contribution in [2.45, 2.75) is 58.7 Å². The summed E-state index contributed by atoms with van der Waals surface area (Å²) in [6.45, 7) is 8.03. The molecule has 3 heteroatoms. The van der Waals surface area contributed by atoms with Gasteiger partial charge in [0.25, 0.3) is 0 Å². The number of carbonyl (C=O) groups is 1. The van der Waals surface area contributed by atoms with Crippen molar-refractivity contribution in [2.24, 2.45) is 16.7 Å². The summed E-state index contributed by atoms with van der Waals surface area (Å²) in [7, 11) is 0. The van der Waals surface area contributed by atoms with Crippen molar-refractivity contribution in [3.63, 3.8) is 0 Å². The monoisotopic (exact) mass is 252 g/mol. The van der Waals surface area contributed by atoms with Gasteiger partial charge in [-0.2, -0.15) is 0 Å². The Balaban J connectivity index is 1.99. The predicted molar refractivity (Wildman–Crippen MR) is 68.1 cm³/mol. The van der Waals surface area contributed by atoms with Gasteiger partial charge in [0.1, 0.15) is 5.78 Å². The van der Waals surface area contributed by atoms with Gasteiger partial charge in [-0.25, -0.2) is 0 Å². The molecular weight excluding hydrogens is 228 g/mol. The molecule has 0 unspecified atom stereocenters. The van der Waals surface area contributed by atoms with E-state index >= 15 is 0 Å². The average molecular weight is 252 g/mol. The van der Waals surface area contributed by atoms with Crippen LogP contribution in [0.5, 0.6) is 0 Å². The minimum absolute atomic E-state index is 0.0768. The van der Waals surface area contributed by atoms with E-state index in [1.807, 2.05) is 0 Å². The van der Waals surface area contributed by atoms with Crippen molar-refractivity contribution in [1.82, 2.24) is 0 Å². The highest BCUT2D eigenvalue weighted by atomic mass is 16.7. The Kier molecular flexibility index (Phi) is 2.66. The van der Waals surface area contributed by atoms with Gasteiger partial charge in [0.15, 0.2) is 5.79 Å². The molecule has 0 bridgehead atoms. The molecular formula is C15H24O3. The van der Waals surface area contributed by atoms with E-state index in [-0.39, 0.29) is 10.8 Å². The lowest BCUT2D eigenvalue weighted by Crippen LogP contribution is -2.61. The van der Waals surface area contributed by atoms with Crippen LogP contribution in [0.4, 0.5) is 0 Å². The first-order chi connectivity index (χ1) is 8.42. The molecule has 2 aliphatic carbocycles. The molecule has 1 spiro atoms. The Morgan fingerprint density at radius 3 is 2.44 bits per heavy atom. The molecule has 0 aromatic rings. The molecule has 3 rings (SSSR count). The molecule has 3 nitrogen and oxygen atoms in total. The highest BCUT2D eigenvalue weighted by Crippen LogP contribution is 2.61. The van der Waals surface area contributed by atoms with Crippen LogP contribution in [0, 0.1) is 16.7 Å².